The van der Waals surface area contributed by atoms with Crippen molar-refractivity contribution in [2.45, 2.75) is 6.54 Å². The van der Waals surface area contributed by atoms with Crippen molar-refractivity contribution in [1.82, 2.24) is 4.98 Å². The van der Waals surface area contributed by atoms with E-state index in [1.165, 1.54) is 10.9 Å². The predicted octanol–water partition coefficient (Wildman–Crippen LogP) is 3.80. The van der Waals surface area contributed by atoms with Crippen LogP contribution in [0.5, 0.6) is 5.75 Å². The summed E-state index contributed by atoms with van der Waals surface area (Å²) in [5.41, 5.74) is 3.43. The second-order valence-corrected chi connectivity index (χ2v) is 4.61. The Labute approximate surface area is 117 Å². The molecule has 0 bridgehead atoms. The molecule has 3 nitrogen and oxygen atoms in total. The average molecular weight is 264 g/mol. The van der Waals surface area contributed by atoms with Gasteiger partial charge in [-0.05, 0) is 23.8 Å². The fourth-order valence-corrected chi connectivity index (χ4v) is 2.18. The number of nitrogens with zero attached hydrogens (tertiary/aromatic N) is 1. The Hall–Kier alpha value is -2.55. The van der Waals surface area contributed by atoms with E-state index in [1.807, 2.05) is 48.8 Å². The van der Waals surface area contributed by atoms with Crippen molar-refractivity contribution in [3.63, 3.8) is 0 Å². The lowest BCUT2D eigenvalue weighted by molar-refractivity contribution is 0.414. The van der Waals surface area contributed by atoms with Gasteiger partial charge in [0.05, 0.1) is 13.7 Å². The number of methoxy groups -OCH3 is 1. The zero-order valence-corrected chi connectivity index (χ0v) is 11.3. The highest BCUT2D eigenvalue weighted by Gasteiger charge is 1.99. The predicted molar refractivity (Wildman–Crippen MR) is 82.6 cm³/mol. The van der Waals surface area contributed by atoms with Crippen LogP contribution < -0.4 is 4.74 Å². The van der Waals surface area contributed by atoms with Gasteiger partial charge in [-0.1, -0.05) is 30.3 Å². The standard InChI is InChI=1S/C17H16N2O/c1-20-15-8-6-13(7-9-15)10-18-11-14-12-19-17-5-3-2-4-16(14)17/h2-9,11-12,19H,10H2,1H3. The monoisotopic (exact) mass is 264 g/mol. The molecule has 0 aliphatic rings. The number of fused-ring (bicyclic) bond motifs is 1. The lowest BCUT2D eigenvalue weighted by Gasteiger charge is -2.00. The quantitative estimate of drug-likeness (QED) is 0.715. The number of nitrogens with one attached hydrogen (secondary N) is 1. The summed E-state index contributed by atoms with van der Waals surface area (Å²) in [7, 11) is 1.67. The highest BCUT2D eigenvalue weighted by molar-refractivity contribution is 5.98. The summed E-state index contributed by atoms with van der Waals surface area (Å²) in [5.74, 6) is 0.870. The van der Waals surface area contributed by atoms with Crippen molar-refractivity contribution in [3.8, 4) is 5.75 Å². The van der Waals surface area contributed by atoms with Crippen molar-refractivity contribution in [3.05, 3.63) is 65.9 Å². The molecule has 1 heterocycles. The van der Waals surface area contributed by atoms with Gasteiger partial charge in [0.1, 0.15) is 5.75 Å². The molecule has 100 valence electrons. The Balaban J connectivity index is 1.73. The summed E-state index contributed by atoms with van der Waals surface area (Å²) in [5, 5.41) is 1.20. The van der Waals surface area contributed by atoms with E-state index < -0.39 is 0 Å². The Morgan fingerprint density at radius 3 is 2.70 bits per heavy atom. The first kappa shape index (κ1) is 12.5. The van der Waals surface area contributed by atoms with Crippen LogP contribution >= 0.6 is 0 Å². The highest BCUT2D eigenvalue weighted by atomic mass is 16.5. The maximum Gasteiger partial charge on any atom is 0.118 e. The van der Waals surface area contributed by atoms with Crippen LogP contribution in [0.4, 0.5) is 0 Å². The molecule has 0 aliphatic heterocycles. The molecule has 0 spiro atoms. The van der Waals surface area contributed by atoms with Crippen LogP contribution in [0.2, 0.25) is 0 Å². The van der Waals surface area contributed by atoms with E-state index in [1.54, 1.807) is 7.11 Å². The fourth-order valence-electron chi connectivity index (χ4n) is 2.18. The van der Waals surface area contributed by atoms with Gasteiger partial charge in [-0.2, -0.15) is 0 Å². The molecule has 0 radical (unpaired) electrons. The maximum absolute atomic E-state index is 5.14. The minimum Gasteiger partial charge on any atom is -0.497 e. The van der Waals surface area contributed by atoms with Crippen LogP contribution in [-0.2, 0) is 6.54 Å². The number of aromatic amines is 1. The molecular formula is C17H16N2O. The molecule has 0 aliphatic carbocycles. The first-order chi connectivity index (χ1) is 9.86. The fraction of sp³-hybridized carbons (Fsp3) is 0.118. The van der Waals surface area contributed by atoms with E-state index in [0.29, 0.717) is 6.54 Å². The van der Waals surface area contributed by atoms with Gasteiger partial charge in [0.15, 0.2) is 0 Å². The van der Waals surface area contributed by atoms with Crippen molar-refractivity contribution in [2.75, 3.05) is 7.11 Å². The number of H-pyrrole nitrogens is 1. The molecule has 0 amide bonds. The third-order valence-corrected chi connectivity index (χ3v) is 3.28. The second kappa shape index (κ2) is 5.61. The minimum atomic E-state index is 0.670. The number of para-hydroxylation sites is 1. The van der Waals surface area contributed by atoms with E-state index in [-0.39, 0.29) is 0 Å². The van der Waals surface area contributed by atoms with E-state index in [9.17, 15) is 0 Å². The van der Waals surface area contributed by atoms with E-state index in [4.69, 9.17) is 4.74 Å². The summed E-state index contributed by atoms with van der Waals surface area (Å²) in [6.45, 7) is 0.670. The SMILES string of the molecule is COc1ccc(CN=Cc2c[nH]c3ccccc23)cc1. The lowest BCUT2D eigenvalue weighted by Crippen LogP contribution is -1.86. The summed E-state index contributed by atoms with van der Waals surface area (Å²) in [6, 6.07) is 16.2. The Kier molecular flexibility index (Phi) is 3.50. The maximum atomic E-state index is 5.14. The van der Waals surface area contributed by atoms with Gasteiger partial charge in [-0.15, -0.1) is 0 Å². The van der Waals surface area contributed by atoms with Crippen LogP contribution in [-0.4, -0.2) is 18.3 Å². The molecule has 0 fully saturated rings. The van der Waals surface area contributed by atoms with Crippen LogP contribution in [0.15, 0.2) is 59.7 Å². The third kappa shape index (κ3) is 2.57. The molecule has 20 heavy (non-hydrogen) atoms. The van der Waals surface area contributed by atoms with Gasteiger partial charge < -0.3 is 9.72 Å². The summed E-state index contributed by atoms with van der Waals surface area (Å²) in [6.07, 6.45) is 3.91. The number of hydrogen-bond donors (Lipinski definition) is 1. The number of benzene rings is 2. The Morgan fingerprint density at radius 1 is 1.10 bits per heavy atom. The number of rotatable bonds is 4. The summed E-state index contributed by atoms with van der Waals surface area (Å²) in [4.78, 5) is 7.75. The Bertz CT molecular complexity index is 726. The number of ether oxygens (including phenoxy) is 1. The lowest BCUT2D eigenvalue weighted by atomic mass is 10.2. The van der Waals surface area contributed by atoms with E-state index in [0.717, 1.165) is 16.8 Å². The molecule has 3 rings (SSSR count). The minimum absolute atomic E-state index is 0.670. The van der Waals surface area contributed by atoms with Gasteiger partial charge in [-0.3, -0.25) is 4.99 Å². The molecule has 0 saturated carbocycles. The molecule has 1 aromatic heterocycles. The Morgan fingerprint density at radius 2 is 1.90 bits per heavy atom. The third-order valence-electron chi connectivity index (χ3n) is 3.28. The van der Waals surface area contributed by atoms with Crippen LogP contribution in [0, 0.1) is 0 Å². The highest BCUT2D eigenvalue weighted by Crippen LogP contribution is 2.16. The molecular weight excluding hydrogens is 248 g/mol. The first-order valence-electron chi connectivity index (χ1n) is 6.56. The van der Waals surface area contributed by atoms with Crippen molar-refractivity contribution in [2.24, 2.45) is 4.99 Å². The molecule has 3 heteroatoms. The zero-order valence-electron chi connectivity index (χ0n) is 11.3. The molecule has 3 aromatic rings. The van der Waals surface area contributed by atoms with Gasteiger partial charge >= 0.3 is 0 Å². The average Bonchev–Trinajstić information content (AvgIpc) is 2.92. The normalized spacial score (nSPS) is 11.2. The molecule has 0 saturated heterocycles. The zero-order chi connectivity index (χ0) is 13.8. The first-order valence-corrected chi connectivity index (χ1v) is 6.56. The van der Waals surface area contributed by atoms with Crippen LogP contribution in [0.3, 0.4) is 0 Å². The number of aliphatic imine (C=N–C) groups is 1. The topological polar surface area (TPSA) is 37.4 Å². The summed E-state index contributed by atoms with van der Waals surface area (Å²) < 4.78 is 5.14. The number of hydrogen-bond acceptors (Lipinski definition) is 2. The molecule has 2 aromatic carbocycles. The van der Waals surface area contributed by atoms with Gasteiger partial charge in [0.2, 0.25) is 0 Å². The molecule has 0 unspecified atom stereocenters. The van der Waals surface area contributed by atoms with E-state index >= 15 is 0 Å². The van der Waals surface area contributed by atoms with Crippen LogP contribution in [0.1, 0.15) is 11.1 Å². The molecule has 0 atom stereocenters. The van der Waals surface area contributed by atoms with Crippen molar-refractivity contribution in [1.29, 1.82) is 0 Å². The molecule has 1 N–H and O–H groups in total. The smallest absolute Gasteiger partial charge is 0.118 e. The van der Waals surface area contributed by atoms with E-state index in [2.05, 4.69) is 22.1 Å². The summed E-state index contributed by atoms with van der Waals surface area (Å²) >= 11 is 0. The van der Waals surface area contributed by atoms with Crippen molar-refractivity contribution >= 4 is 17.1 Å². The van der Waals surface area contributed by atoms with Crippen LogP contribution in [0.25, 0.3) is 10.9 Å². The van der Waals surface area contributed by atoms with Gasteiger partial charge in [0, 0.05) is 28.9 Å². The number of aromatic nitrogens is 1. The largest absolute Gasteiger partial charge is 0.497 e. The second-order valence-electron chi connectivity index (χ2n) is 4.61. The van der Waals surface area contributed by atoms with Crippen molar-refractivity contribution < 1.29 is 4.74 Å². The van der Waals surface area contributed by atoms with Gasteiger partial charge in [0.25, 0.3) is 0 Å². The van der Waals surface area contributed by atoms with Gasteiger partial charge in [-0.25, -0.2) is 0 Å².